The van der Waals surface area contributed by atoms with Gasteiger partial charge in [-0.25, -0.2) is 0 Å². The van der Waals surface area contributed by atoms with Gasteiger partial charge in [0.1, 0.15) is 5.75 Å². The predicted octanol–water partition coefficient (Wildman–Crippen LogP) is 1.28. The zero-order valence-corrected chi connectivity index (χ0v) is 22.5. The number of benzene rings is 2. The van der Waals surface area contributed by atoms with Gasteiger partial charge in [0.15, 0.2) is 11.9 Å². The Hall–Kier alpha value is -3.89. The molecule has 2 aromatic rings. The molecule has 1 saturated heterocycles. The molecule has 3 N–H and O–H groups in total. The van der Waals surface area contributed by atoms with Crippen molar-refractivity contribution in [3.05, 3.63) is 64.2 Å². The van der Waals surface area contributed by atoms with Crippen LogP contribution in [0.25, 0.3) is 0 Å². The van der Waals surface area contributed by atoms with Gasteiger partial charge in [-0.2, -0.15) is 0 Å². The minimum Gasteiger partial charge on any atom is -0.480 e. The summed E-state index contributed by atoms with van der Waals surface area (Å²) < 4.78 is 12.7. The largest absolute Gasteiger partial charge is 0.480 e. The maximum Gasteiger partial charge on any atom is 0.255 e. The average Bonchev–Trinajstić information content (AvgIpc) is 3.38. The van der Waals surface area contributed by atoms with Crippen LogP contribution >= 0.6 is 0 Å². The number of hydrogen-bond donors (Lipinski definition) is 3. The molecular weight excluding hydrogens is 512 g/mol. The van der Waals surface area contributed by atoms with Gasteiger partial charge in [-0.05, 0) is 49.1 Å². The second-order valence-corrected chi connectivity index (χ2v) is 11.2. The van der Waals surface area contributed by atoms with E-state index in [2.05, 4.69) is 22.6 Å². The van der Waals surface area contributed by atoms with E-state index in [0.29, 0.717) is 55.6 Å². The fourth-order valence-electron chi connectivity index (χ4n) is 7.72. The van der Waals surface area contributed by atoms with Gasteiger partial charge >= 0.3 is 0 Å². The highest BCUT2D eigenvalue weighted by atomic mass is 16.5. The summed E-state index contributed by atoms with van der Waals surface area (Å²) in [5, 5.41) is 12.6. The van der Waals surface area contributed by atoms with Crippen molar-refractivity contribution in [2.75, 3.05) is 27.2 Å². The van der Waals surface area contributed by atoms with E-state index in [9.17, 15) is 19.2 Å². The van der Waals surface area contributed by atoms with Crippen molar-refractivity contribution in [1.82, 2.24) is 15.5 Å². The Kier molecular flexibility index (Phi) is 6.35. The number of nitrogens with one attached hydrogen (secondary N) is 3. The highest BCUT2D eigenvalue weighted by Gasteiger charge is 2.76. The average molecular weight is 545 g/mol. The number of ether oxygens (including phenoxy) is 2. The smallest absolute Gasteiger partial charge is 0.255 e. The zero-order valence-electron chi connectivity index (χ0n) is 22.5. The first-order valence-corrected chi connectivity index (χ1v) is 13.5. The van der Waals surface area contributed by atoms with E-state index >= 15 is 0 Å². The van der Waals surface area contributed by atoms with Crippen LogP contribution in [0.4, 0.5) is 0 Å². The third kappa shape index (κ3) is 3.52. The van der Waals surface area contributed by atoms with Crippen LogP contribution in [-0.2, 0) is 37.4 Å². The summed E-state index contributed by atoms with van der Waals surface area (Å²) in [6, 6.07) is 11.1. The number of hydrogen-bond acceptors (Lipinski definition) is 8. The highest BCUT2D eigenvalue weighted by molar-refractivity contribution is 6.02. The Morgan fingerprint density at radius 3 is 2.73 bits per heavy atom. The second-order valence-electron chi connectivity index (χ2n) is 11.2. The van der Waals surface area contributed by atoms with E-state index in [1.807, 2.05) is 18.2 Å². The molecule has 10 heteroatoms. The monoisotopic (exact) mass is 544 g/mol. The Morgan fingerprint density at radius 1 is 1.25 bits per heavy atom. The van der Waals surface area contributed by atoms with Gasteiger partial charge in [-0.3, -0.25) is 29.4 Å². The summed E-state index contributed by atoms with van der Waals surface area (Å²) in [6.45, 7) is 1.02. The molecule has 2 aliphatic heterocycles. The summed E-state index contributed by atoms with van der Waals surface area (Å²) in [7, 11) is 3.81. The lowest BCUT2D eigenvalue weighted by molar-refractivity contribution is -0.153. The maximum absolute atomic E-state index is 13.4. The summed E-state index contributed by atoms with van der Waals surface area (Å²) in [6.07, 6.45) is 3.01. The van der Waals surface area contributed by atoms with E-state index in [1.54, 1.807) is 25.3 Å². The van der Waals surface area contributed by atoms with Crippen LogP contribution in [0.15, 0.2) is 36.4 Å². The third-order valence-electron chi connectivity index (χ3n) is 9.44. The molecule has 1 saturated carbocycles. The van der Waals surface area contributed by atoms with Crippen LogP contribution < -0.4 is 15.4 Å². The number of nitrogens with zero attached hydrogens (tertiary/aromatic N) is 1. The normalized spacial score (nSPS) is 28.3. The van der Waals surface area contributed by atoms with Crippen LogP contribution in [0, 0.1) is 5.41 Å². The van der Waals surface area contributed by atoms with E-state index in [4.69, 9.17) is 14.9 Å². The van der Waals surface area contributed by atoms with Crippen LogP contribution in [-0.4, -0.2) is 80.1 Å². The molecular formula is C30H32N4O6. The molecule has 3 amide bonds. The molecule has 2 bridgehead atoms. The maximum atomic E-state index is 13.4. The van der Waals surface area contributed by atoms with Crippen molar-refractivity contribution in [3.63, 3.8) is 0 Å². The van der Waals surface area contributed by atoms with Crippen molar-refractivity contribution in [2.24, 2.45) is 0 Å². The van der Waals surface area contributed by atoms with Crippen molar-refractivity contribution in [3.8, 4) is 5.75 Å². The topological polar surface area (TPSA) is 138 Å². The van der Waals surface area contributed by atoms with Crippen LogP contribution in [0.1, 0.15) is 51.4 Å². The SMILES string of the molecule is COC12CCC(=O)C3Oc4c(C(=O)NCCc5ccc(C(C=N)C(=O)NC=O)cc5)ccc5c4C31CN(C)C2C5. The molecule has 2 aliphatic carbocycles. The van der Waals surface area contributed by atoms with Crippen LogP contribution in [0.5, 0.6) is 5.75 Å². The van der Waals surface area contributed by atoms with Gasteiger partial charge in [0, 0.05) is 44.4 Å². The first-order valence-electron chi connectivity index (χ1n) is 13.5. The Balaban J connectivity index is 1.21. The summed E-state index contributed by atoms with van der Waals surface area (Å²) in [4.78, 5) is 51.4. The molecule has 2 fully saturated rings. The minimum atomic E-state index is -0.849. The molecule has 208 valence electrons. The molecule has 5 unspecified atom stereocenters. The number of imide groups is 1. The molecule has 6 rings (SSSR count). The molecule has 2 aromatic carbocycles. The number of Topliss-reactive ketones (excluding diaryl/α,β-unsaturated/α-hetero) is 1. The van der Waals surface area contributed by atoms with Crippen molar-refractivity contribution < 1.29 is 28.7 Å². The van der Waals surface area contributed by atoms with Gasteiger partial charge in [0.05, 0.1) is 22.5 Å². The fraction of sp³-hybridized carbons (Fsp3) is 0.433. The first-order chi connectivity index (χ1) is 19.3. The molecule has 10 nitrogen and oxygen atoms in total. The fourth-order valence-corrected chi connectivity index (χ4v) is 7.72. The van der Waals surface area contributed by atoms with Gasteiger partial charge in [-0.1, -0.05) is 30.3 Å². The van der Waals surface area contributed by atoms with Crippen molar-refractivity contribution in [1.29, 1.82) is 5.41 Å². The summed E-state index contributed by atoms with van der Waals surface area (Å²) >= 11 is 0. The third-order valence-corrected chi connectivity index (χ3v) is 9.44. The van der Waals surface area contributed by atoms with Gasteiger partial charge in [0.25, 0.3) is 5.91 Å². The molecule has 0 aromatic heterocycles. The van der Waals surface area contributed by atoms with E-state index in [1.165, 1.54) is 0 Å². The quantitative estimate of drug-likeness (QED) is 0.319. The first kappa shape index (κ1) is 26.3. The predicted molar refractivity (Wildman–Crippen MR) is 145 cm³/mol. The number of likely N-dealkylation sites (N-methyl/N-ethyl adjacent to an activating group) is 1. The molecule has 4 aliphatic rings. The Morgan fingerprint density at radius 2 is 2.02 bits per heavy atom. The van der Waals surface area contributed by atoms with E-state index in [0.717, 1.165) is 29.3 Å². The number of likely N-dealkylation sites (tertiary alicyclic amines) is 1. The lowest BCUT2D eigenvalue weighted by Gasteiger charge is -2.52. The van der Waals surface area contributed by atoms with Gasteiger partial charge < -0.3 is 20.2 Å². The van der Waals surface area contributed by atoms with E-state index < -0.39 is 28.9 Å². The standard InChI is InChI=1S/C30H32N4O6/c1-34-15-29-24-19-7-8-20(25(24)40-26(29)22(36)9-11-30(29,39-2)23(34)13-19)27(37)32-12-10-17-3-5-18(6-4-17)21(14-31)28(38)33-16-35/h3-8,14,16,21,23,26,31H,9-13,15H2,1-2H3,(H,32,37)(H,33,35,38). The van der Waals surface area contributed by atoms with E-state index in [-0.39, 0.29) is 17.7 Å². The Labute approximate surface area is 231 Å². The zero-order chi connectivity index (χ0) is 28.2. The Bertz CT molecular complexity index is 1420. The second kappa shape index (κ2) is 9.64. The highest BCUT2D eigenvalue weighted by Crippen LogP contribution is 2.65. The van der Waals surface area contributed by atoms with Crippen molar-refractivity contribution >= 4 is 30.2 Å². The molecule has 2 heterocycles. The number of methoxy groups -OCH3 is 1. The molecule has 5 atom stereocenters. The number of ketones is 1. The van der Waals surface area contributed by atoms with Crippen LogP contribution in [0.3, 0.4) is 0 Å². The lowest BCUT2D eigenvalue weighted by atomic mass is 9.54. The number of amides is 3. The summed E-state index contributed by atoms with van der Waals surface area (Å²) in [5.41, 5.74) is 2.91. The molecule has 0 radical (unpaired) electrons. The van der Waals surface area contributed by atoms with Crippen molar-refractivity contribution in [2.45, 2.75) is 54.8 Å². The molecule has 1 spiro atoms. The number of carbonyl (C=O) groups excluding carboxylic acids is 4. The van der Waals surface area contributed by atoms with Crippen LogP contribution in [0.2, 0.25) is 0 Å². The lowest BCUT2D eigenvalue weighted by Crippen LogP contribution is -2.67. The molecule has 40 heavy (non-hydrogen) atoms. The summed E-state index contributed by atoms with van der Waals surface area (Å²) in [5.74, 6) is -1.09. The van der Waals surface area contributed by atoms with Gasteiger partial charge in [-0.15, -0.1) is 0 Å². The number of rotatable bonds is 9. The van der Waals surface area contributed by atoms with Gasteiger partial charge in [0.2, 0.25) is 12.3 Å². The number of carbonyl (C=O) groups is 4. The minimum absolute atomic E-state index is 0.0643.